The van der Waals surface area contributed by atoms with E-state index in [9.17, 15) is 9.59 Å². The molecule has 4 rings (SSSR count). The van der Waals surface area contributed by atoms with Crippen molar-refractivity contribution < 1.29 is 9.59 Å². The van der Waals surface area contributed by atoms with Crippen molar-refractivity contribution in [1.82, 2.24) is 9.88 Å². The zero-order valence-electron chi connectivity index (χ0n) is 16.0. The number of aromatic nitrogens is 1. The number of rotatable bonds is 4. The van der Waals surface area contributed by atoms with Crippen molar-refractivity contribution in [2.24, 2.45) is 5.92 Å². The summed E-state index contributed by atoms with van der Waals surface area (Å²) in [6.07, 6.45) is 5.72. The summed E-state index contributed by atoms with van der Waals surface area (Å²) in [5.41, 5.74) is 0.717. The molecule has 1 aliphatic heterocycles. The minimum absolute atomic E-state index is 0.0433. The van der Waals surface area contributed by atoms with Gasteiger partial charge in [0.25, 0.3) is 0 Å². The summed E-state index contributed by atoms with van der Waals surface area (Å²) >= 11 is 9.30. The van der Waals surface area contributed by atoms with Crippen molar-refractivity contribution in [2.75, 3.05) is 18.4 Å². The number of carbonyl (C=O) groups excluding carboxylic acids is 2. The first-order valence-electron chi connectivity index (χ1n) is 9.96. The van der Waals surface area contributed by atoms with Gasteiger partial charge in [-0.15, -0.1) is 0 Å². The van der Waals surface area contributed by atoms with Gasteiger partial charge in [0.1, 0.15) is 5.82 Å². The normalized spacial score (nSPS) is 18.8. The molecule has 0 bridgehead atoms. The van der Waals surface area contributed by atoms with E-state index in [0.29, 0.717) is 36.8 Å². The molecule has 1 saturated heterocycles. The Labute approximate surface area is 184 Å². The van der Waals surface area contributed by atoms with Crippen LogP contribution in [0.25, 0.3) is 0 Å². The largest absolute Gasteiger partial charge is 0.342 e. The van der Waals surface area contributed by atoms with Gasteiger partial charge in [-0.3, -0.25) is 9.59 Å². The van der Waals surface area contributed by atoms with Crippen LogP contribution in [0.4, 0.5) is 5.82 Å². The molecule has 1 N–H and O–H groups in total. The molecule has 1 aliphatic carbocycles. The van der Waals surface area contributed by atoms with Crippen LogP contribution in [0.15, 0.2) is 47.1 Å². The van der Waals surface area contributed by atoms with Gasteiger partial charge in [0, 0.05) is 29.7 Å². The quantitative estimate of drug-likeness (QED) is 0.690. The predicted octanol–water partition coefficient (Wildman–Crippen LogP) is 4.80. The Morgan fingerprint density at radius 3 is 2.34 bits per heavy atom. The number of benzene rings is 1. The molecule has 7 heteroatoms. The van der Waals surface area contributed by atoms with Gasteiger partial charge in [0.2, 0.25) is 11.8 Å². The lowest BCUT2D eigenvalue weighted by molar-refractivity contribution is -0.143. The summed E-state index contributed by atoms with van der Waals surface area (Å²) in [6.45, 7) is 1.23. The number of halogens is 2. The van der Waals surface area contributed by atoms with Crippen LogP contribution in [0.5, 0.6) is 0 Å². The van der Waals surface area contributed by atoms with Crippen LogP contribution in [0.2, 0.25) is 5.02 Å². The average molecular weight is 477 g/mol. The fourth-order valence-electron chi connectivity index (χ4n) is 4.25. The first kappa shape index (κ1) is 20.4. The fourth-order valence-corrected chi connectivity index (χ4v) is 4.63. The number of likely N-dealkylation sites (tertiary alicyclic amines) is 1. The number of nitrogens with zero attached hydrogens (tertiary/aromatic N) is 2. The Kier molecular flexibility index (Phi) is 5.93. The smallest absolute Gasteiger partial charge is 0.233 e. The lowest BCUT2D eigenvalue weighted by atomic mass is 9.63. The minimum atomic E-state index is -0.386. The van der Waals surface area contributed by atoms with E-state index in [2.05, 4.69) is 38.4 Å². The molecule has 29 heavy (non-hydrogen) atoms. The number of hydrogen-bond donors (Lipinski definition) is 1. The highest BCUT2D eigenvalue weighted by molar-refractivity contribution is 9.10. The molecule has 1 saturated carbocycles. The first-order chi connectivity index (χ1) is 14.0. The van der Waals surface area contributed by atoms with Crippen molar-refractivity contribution in [2.45, 2.75) is 37.5 Å². The van der Waals surface area contributed by atoms with E-state index in [1.54, 1.807) is 12.1 Å². The maximum atomic E-state index is 13.4. The summed E-state index contributed by atoms with van der Waals surface area (Å²) < 4.78 is 1.02. The van der Waals surface area contributed by atoms with E-state index in [0.717, 1.165) is 29.3 Å². The molecule has 0 unspecified atom stereocenters. The molecule has 2 fully saturated rings. The lowest BCUT2D eigenvalue weighted by Gasteiger charge is -2.45. The van der Waals surface area contributed by atoms with Crippen LogP contribution in [0, 0.1) is 5.92 Å². The van der Waals surface area contributed by atoms with Crippen LogP contribution < -0.4 is 5.32 Å². The van der Waals surface area contributed by atoms with E-state index < -0.39 is 0 Å². The second-order valence-electron chi connectivity index (χ2n) is 7.86. The molecule has 152 valence electrons. The maximum Gasteiger partial charge on any atom is 0.233 e. The lowest BCUT2D eigenvalue weighted by Crippen LogP contribution is -2.53. The molecule has 0 spiro atoms. The van der Waals surface area contributed by atoms with Crippen LogP contribution in [0.1, 0.15) is 37.7 Å². The maximum absolute atomic E-state index is 13.4. The summed E-state index contributed by atoms with van der Waals surface area (Å²) in [7, 11) is 0. The standard InChI is InChI=1S/C22H23BrClN3O2/c23-17-4-2-16(3-5-17)22(10-1-11-22)21(29)27-12-8-15(9-13-27)20(28)26-19-7-6-18(24)14-25-19/h2-7,14-15H,1,8-13H2,(H,25,26,28). The van der Waals surface area contributed by atoms with Gasteiger partial charge < -0.3 is 10.2 Å². The third kappa shape index (κ3) is 4.19. The van der Waals surface area contributed by atoms with E-state index in [4.69, 9.17) is 11.6 Å². The topological polar surface area (TPSA) is 62.3 Å². The van der Waals surface area contributed by atoms with E-state index >= 15 is 0 Å². The van der Waals surface area contributed by atoms with E-state index in [1.807, 2.05) is 17.0 Å². The number of piperidine rings is 1. The number of pyridine rings is 1. The number of carbonyl (C=O) groups is 2. The van der Waals surface area contributed by atoms with Gasteiger partial charge in [-0.1, -0.05) is 46.1 Å². The second kappa shape index (κ2) is 8.44. The van der Waals surface area contributed by atoms with E-state index in [-0.39, 0.29) is 23.1 Å². The molecule has 2 aliphatic rings. The SMILES string of the molecule is O=C(Nc1ccc(Cl)cn1)C1CCN(C(=O)C2(c3ccc(Br)cc3)CCC2)CC1. The van der Waals surface area contributed by atoms with Gasteiger partial charge in [-0.25, -0.2) is 4.98 Å². The first-order valence-corrected chi connectivity index (χ1v) is 11.1. The highest BCUT2D eigenvalue weighted by atomic mass is 79.9. The van der Waals surface area contributed by atoms with Crippen LogP contribution >= 0.6 is 27.5 Å². The molecular weight excluding hydrogens is 454 g/mol. The van der Waals surface area contributed by atoms with Crippen LogP contribution in [-0.4, -0.2) is 34.8 Å². The Hall–Kier alpha value is -1.92. The molecule has 0 radical (unpaired) electrons. The molecule has 0 atom stereocenters. The number of amides is 2. The summed E-state index contributed by atoms with van der Waals surface area (Å²) in [4.78, 5) is 32.0. The highest BCUT2D eigenvalue weighted by Gasteiger charge is 2.48. The Balaban J connectivity index is 1.37. The monoisotopic (exact) mass is 475 g/mol. The zero-order chi connectivity index (χ0) is 20.4. The van der Waals surface area contributed by atoms with Crippen molar-refractivity contribution in [1.29, 1.82) is 0 Å². The second-order valence-corrected chi connectivity index (χ2v) is 9.21. The van der Waals surface area contributed by atoms with Gasteiger partial charge in [-0.2, -0.15) is 0 Å². The average Bonchev–Trinajstić information content (AvgIpc) is 2.70. The number of hydrogen-bond acceptors (Lipinski definition) is 3. The minimum Gasteiger partial charge on any atom is -0.342 e. The number of anilines is 1. The van der Waals surface area contributed by atoms with Gasteiger partial charge >= 0.3 is 0 Å². The summed E-state index contributed by atoms with van der Waals surface area (Å²) in [5.74, 6) is 0.561. The molecule has 1 aromatic carbocycles. The van der Waals surface area contributed by atoms with Crippen LogP contribution in [0.3, 0.4) is 0 Å². The molecule has 5 nitrogen and oxygen atoms in total. The van der Waals surface area contributed by atoms with Crippen molar-refractivity contribution in [3.05, 3.63) is 57.7 Å². The molecule has 2 heterocycles. The molecule has 1 aromatic heterocycles. The summed E-state index contributed by atoms with van der Waals surface area (Å²) in [6, 6.07) is 11.5. The van der Waals surface area contributed by atoms with Gasteiger partial charge in [0.05, 0.1) is 10.4 Å². The number of nitrogens with one attached hydrogen (secondary N) is 1. The van der Waals surface area contributed by atoms with Gasteiger partial charge in [-0.05, 0) is 55.5 Å². The van der Waals surface area contributed by atoms with Gasteiger partial charge in [0.15, 0.2) is 0 Å². The Bertz CT molecular complexity index is 889. The third-order valence-electron chi connectivity index (χ3n) is 6.14. The molecule has 2 aromatic rings. The zero-order valence-corrected chi connectivity index (χ0v) is 18.4. The van der Waals surface area contributed by atoms with Crippen molar-refractivity contribution in [3.63, 3.8) is 0 Å². The molecular formula is C22H23BrClN3O2. The summed E-state index contributed by atoms with van der Waals surface area (Å²) in [5, 5.41) is 3.38. The Morgan fingerprint density at radius 2 is 1.79 bits per heavy atom. The Morgan fingerprint density at radius 1 is 1.10 bits per heavy atom. The van der Waals surface area contributed by atoms with Crippen molar-refractivity contribution >= 4 is 45.2 Å². The third-order valence-corrected chi connectivity index (χ3v) is 6.90. The van der Waals surface area contributed by atoms with E-state index in [1.165, 1.54) is 6.20 Å². The molecule has 2 amide bonds. The van der Waals surface area contributed by atoms with Crippen molar-refractivity contribution in [3.8, 4) is 0 Å². The fraction of sp³-hybridized carbons (Fsp3) is 0.409. The highest BCUT2D eigenvalue weighted by Crippen LogP contribution is 2.46. The predicted molar refractivity (Wildman–Crippen MR) is 117 cm³/mol. The van der Waals surface area contributed by atoms with Crippen LogP contribution in [-0.2, 0) is 15.0 Å².